The predicted octanol–water partition coefficient (Wildman–Crippen LogP) is 2.58. The number of benzene rings is 1. The van der Waals surface area contributed by atoms with E-state index in [2.05, 4.69) is 10.3 Å². The Kier molecular flexibility index (Phi) is 4.61. The minimum Gasteiger partial charge on any atom is -0.341 e. The molecule has 7 heteroatoms. The van der Waals surface area contributed by atoms with Crippen LogP contribution in [0, 0.1) is 5.82 Å². The van der Waals surface area contributed by atoms with Crippen LogP contribution >= 0.6 is 23.7 Å². The highest BCUT2D eigenvalue weighted by molar-refractivity contribution is 7.09. The van der Waals surface area contributed by atoms with Gasteiger partial charge in [0.1, 0.15) is 16.5 Å². The zero-order valence-corrected chi connectivity index (χ0v) is 12.8. The molecule has 1 fully saturated rings. The molecule has 21 heavy (non-hydrogen) atoms. The van der Waals surface area contributed by atoms with Crippen molar-refractivity contribution in [3.63, 3.8) is 0 Å². The second-order valence-corrected chi connectivity index (χ2v) is 5.79. The predicted molar refractivity (Wildman–Crippen MR) is 82.0 cm³/mol. The van der Waals surface area contributed by atoms with E-state index >= 15 is 0 Å². The van der Waals surface area contributed by atoms with Gasteiger partial charge in [0.15, 0.2) is 0 Å². The minimum absolute atomic E-state index is 0. The van der Waals surface area contributed by atoms with E-state index in [0.717, 1.165) is 12.8 Å². The first-order valence-electron chi connectivity index (χ1n) is 6.37. The van der Waals surface area contributed by atoms with Gasteiger partial charge in [-0.1, -0.05) is 18.2 Å². The highest BCUT2D eigenvalue weighted by atomic mass is 35.5. The van der Waals surface area contributed by atoms with Gasteiger partial charge in [-0.15, -0.1) is 23.7 Å². The molecular weight excluding hydrogens is 313 g/mol. The van der Waals surface area contributed by atoms with Gasteiger partial charge in [0, 0.05) is 17.5 Å². The standard InChI is InChI=1S/C14H14FN3OS.ClH/c15-10-4-2-1-3-9(10)14(5-6-14)18-13(19)11-8-20-12(7-16)17-11;/h1-4,8H,5-7,16H2,(H,18,19);1H. The largest absolute Gasteiger partial charge is 0.341 e. The average Bonchev–Trinajstić information content (AvgIpc) is 3.05. The fraction of sp³-hybridized carbons (Fsp3) is 0.286. The number of rotatable bonds is 4. The summed E-state index contributed by atoms with van der Waals surface area (Å²) in [5, 5.41) is 5.29. The van der Waals surface area contributed by atoms with Crippen LogP contribution in [0.4, 0.5) is 4.39 Å². The van der Waals surface area contributed by atoms with Crippen molar-refractivity contribution in [2.75, 3.05) is 0 Å². The zero-order valence-electron chi connectivity index (χ0n) is 11.1. The van der Waals surface area contributed by atoms with Crippen molar-refractivity contribution < 1.29 is 9.18 Å². The summed E-state index contributed by atoms with van der Waals surface area (Å²) in [6, 6.07) is 6.55. The molecule has 0 bridgehead atoms. The SMILES string of the molecule is Cl.NCc1nc(C(=O)NC2(c3ccccc3F)CC2)cs1. The number of carbonyl (C=O) groups excluding carboxylic acids is 1. The first-order valence-corrected chi connectivity index (χ1v) is 7.24. The van der Waals surface area contributed by atoms with E-state index in [1.807, 2.05) is 0 Å². The normalized spacial score (nSPS) is 15.1. The van der Waals surface area contributed by atoms with Gasteiger partial charge < -0.3 is 11.1 Å². The number of hydrogen-bond acceptors (Lipinski definition) is 4. The van der Waals surface area contributed by atoms with E-state index < -0.39 is 5.54 Å². The number of amides is 1. The van der Waals surface area contributed by atoms with Crippen LogP contribution in [0.25, 0.3) is 0 Å². The molecule has 0 atom stereocenters. The first kappa shape index (κ1) is 15.9. The smallest absolute Gasteiger partial charge is 0.271 e. The van der Waals surface area contributed by atoms with Gasteiger partial charge in [-0.2, -0.15) is 0 Å². The molecule has 0 radical (unpaired) electrons. The molecule has 0 saturated heterocycles. The summed E-state index contributed by atoms with van der Waals surface area (Å²) < 4.78 is 13.9. The molecule has 0 spiro atoms. The van der Waals surface area contributed by atoms with E-state index in [0.29, 0.717) is 22.8 Å². The Hall–Kier alpha value is -1.50. The highest BCUT2D eigenvalue weighted by Gasteiger charge is 2.47. The van der Waals surface area contributed by atoms with Crippen LogP contribution in [-0.4, -0.2) is 10.9 Å². The molecular formula is C14H15ClFN3OS. The summed E-state index contributed by atoms with van der Waals surface area (Å²) in [5.41, 5.74) is 5.80. The van der Waals surface area contributed by atoms with Crippen molar-refractivity contribution in [2.24, 2.45) is 5.73 Å². The van der Waals surface area contributed by atoms with E-state index in [4.69, 9.17) is 5.73 Å². The van der Waals surface area contributed by atoms with E-state index in [-0.39, 0.29) is 24.1 Å². The Morgan fingerprint density at radius 3 is 2.71 bits per heavy atom. The summed E-state index contributed by atoms with van der Waals surface area (Å²) in [7, 11) is 0. The van der Waals surface area contributed by atoms with Crippen molar-refractivity contribution in [3.8, 4) is 0 Å². The second kappa shape index (κ2) is 6.09. The average molecular weight is 328 g/mol. The van der Waals surface area contributed by atoms with Gasteiger partial charge in [0.2, 0.25) is 0 Å². The first-order chi connectivity index (χ1) is 9.64. The lowest BCUT2D eigenvalue weighted by atomic mass is 10.0. The number of carbonyl (C=O) groups is 1. The Morgan fingerprint density at radius 2 is 2.14 bits per heavy atom. The molecule has 1 heterocycles. The number of aromatic nitrogens is 1. The molecule has 1 aromatic carbocycles. The van der Waals surface area contributed by atoms with Gasteiger partial charge in [-0.05, 0) is 18.9 Å². The number of nitrogens with zero attached hydrogens (tertiary/aromatic N) is 1. The number of thiazole rings is 1. The van der Waals surface area contributed by atoms with Crippen molar-refractivity contribution >= 4 is 29.7 Å². The van der Waals surface area contributed by atoms with Gasteiger partial charge in [0.05, 0.1) is 5.54 Å². The van der Waals surface area contributed by atoms with Crippen LogP contribution < -0.4 is 11.1 Å². The topological polar surface area (TPSA) is 68.0 Å². The Labute approximate surface area is 132 Å². The van der Waals surface area contributed by atoms with Crippen LogP contribution in [0.2, 0.25) is 0 Å². The molecule has 0 unspecified atom stereocenters. The summed E-state index contributed by atoms with van der Waals surface area (Å²) in [6.45, 7) is 0.316. The van der Waals surface area contributed by atoms with Gasteiger partial charge in [0.25, 0.3) is 5.91 Å². The fourth-order valence-electron chi connectivity index (χ4n) is 2.23. The van der Waals surface area contributed by atoms with Crippen LogP contribution in [0.3, 0.4) is 0 Å². The van der Waals surface area contributed by atoms with Gasteiger partial charge in [-0.25, -0.2) is 9.37 Å². The Morgan fingerprint density at radius 1 is 1.43 bits per heavy atom. The van der Waals surface area contributed by atoms with Crippen molar-refractivity contribution in [1.82, 2.24) is 10.3 Å². The molecule has 112 valence electrons. The third-order valence-corrected chi connectivity index (χ3v) is 4.32. The van der Waals surface area contributed by atoms with Crippen LogP contribution in [0.1, 0.15) is 33.9 Å². The van der Waals surface area contributed by atoms with Crippen molar-refractivity contribution in [2.45, 2.75) is 24.9 Å². The lowest BCUT2D eigenvalue weighted by Crippen LogP contribution is -2.35. The minimum atomic E-state index is -0.574. The number of hydrogen-bond donors (Lipinski definition) is 2. The maximum absolute atomic E-state index is 13.9. The summed E-state index contributed by atoms with van der Waals surface area (Å²) >= 11 is 1.35. The number of nitrogens with two attached hydrogens (primary N) is 1. The van der Waals surface area contributed by atoms with E-state index in [1.54, 1.807) is 23.6 Å². The van der Waals surface area contributed by atoms with Crippen LogP contribution in [0.5, 0.6) is 0 Å². The van der Waals surface area contributed by atoms with Crippen LogP contribution in [-0.2, 0) is 12.1 Å². The summed E-state index contributed by atoms with van der Waals surface area (Å²) in [4.78, 5) is 16.3. The Bertz CT molecular complexity index is 657. The van der Waals surface area contributed by atoms with Crippen molar-refractivity contribution in [1.29, 1.82) is 0 Å². The summed E-state index contributed by atoms with van der Waals surface area (Å²) in [6.07, 6.45) is 1.49. The summed E-state index contributed by atoms with van der Waals surface area (Å²) in [5.74, 6) is -0.562. The van der Waals surface area contributed by atoms with Gasteiger partial charge >= 0.3 is 0 Å². The maximum atomic E-state index is 13.9. The van der Waals surface area contributed by atoms with Gasteiger partial charge in [-0.3, -0.25) is 4.79 Å². The fourth-order valence-corrected chi connectivity index (χ4v) is 2.88. The second-order valence-electron chi connectivity index (χ2n) is 4.85. The molecule has 4 nitrogen and oxygen atoms in total. The Balaban J connectivity index is 0.00000161. The highest BCUT2D eigenvalue weighted by Crippen LogP contribution is 2.46. The molecule has 1 aliphatic carbocycles. The molecule has 1 saturated carbocycles. The lowest BCUT2D eigenvalue weighted by Gasteiger charge is -2.17. The molecule has 1 aliphatic rings. The number of nitrogens with one attached hydrogen (secondary N) is 1. The third-order valence-electron chi connectivity index (χ3n) is 3.45. The molecule has 0 aliphatic heterocycles. The molecule has 3 rings (SSSR count). The van der Waals surface area contributed by atoms with E-state index in [9.17, 15) is 9.18 Å². The quantitative estimate of drug-likeness (QED) is 0.907. The third kappa shape index (κ3) is 3.07. The maximum Gasteiger partial charge on any atom is 0.271 e. The van der Waals surface area contributed by atoms with E-state index in [1.165, 1.54) is 17.4 Å². The number of halogens is 2. The zero-order chi connectivity index (χ0) is 14.2. The van der Waals surface area contributed by atoms with Crippen molar-refractivity contribution in [3.05, 3.63) is 51.7 Å². The lowest BCUT2D eigenvalue weighted by molar-refractivity contribution is 0.0925. The van der Waals surface area contributed by atoms with Crippen LogP contribution in [0.15, 0.2) is 29.6 Å². The monoisotopic (exact) mass is 327 g/mol. The molecule has 1 amide bonds. The molecule has 2 aromatic rings. The molecule has 1 aromatic heterocycles. The molecule has 3 N–H and O–H groups in total.